The number of nitro benzene ring substituents is 1. The molecule has 106 valence electrons. The van der Waals surface area contributed by atoms with Gasteiger partial charge in [-0.25, -0.2) is 0 Å². The highest BCUT2D eigenvalue weighted by Gasteiger charge is 2.41. The van der Waals surface area contributed by atoms with Gasteiger partial charge in [-0.3, -0.25) is 14.9 Å². The van der Waals surface area contributed by atoms with Crippen molar-refractivity contribution < 1.29 is 14.5 Å². The molecule has 0 saturated carbocycles. The highest BCUT2D eigenvalue weighted by atomic mass is 16.6. The van der Waals surface area contributed by atoms with Crippen LogP contribution in [0.15, 0.2) is 18.2 Å². The average Bonchev–Trinajstić information content (AvgIpc) is 2.69. The Balaban J connectivity index is 1.98. The zero-order chi connectivity index (χ0) is 14.3. The molecule has 0 radical (unpaired) electrons. The normalized spacial score (nSPS) is 24.9. The van der Waals surface area contributed by atoms with E-state index >= 15 is 0 Å². The number of benzene rings is 1. The Kier molecular flexibility index (Phi) is 3.08. The van der Waals surface area contributed by atoms with Crippen LogP contribution in [-0.2, 0) is 4.79 Å². The Labute approximate surface area is 116 Å². The van der Waals surface area contributed by atoms with Crippen LogP contribution >= 0.6 is 0 Å². The maximum absolute atomic E-state index is 11.7. The summed E-state index contributed by atoms with van der Waals surface area (Å²) in [6.45, 7) is 0. The van der Waals surface area contributed by atoms with Crippen molar-refractivity contribution in [1.82, 2.24) is 0 Å². The Morgan fingerprint density at radius 2 is 1.95 bits per heavy atom. The standard InChI is InChI=1S/C14H16N2O4/c1-20-14-8-11(16(18)19)4-5-13(14)15-9-2-3-10(15)7-12(17)6-9/h4-5,8-10H,2-3,6-7H2,1H3. The highest BCUT2D eigenvalue weighted by Crippen LogP contribution is 2.42. The van der Waals surface area contributed by atoms with E-state index in [1.807, 2.05) is 0 Å². The molecule has 2 fully saturated rings. The number of ether oxygens (including phenoxy) is 1. The van der Waals surface area contributed by atoms with E-state index in [4.69, 9.17) is 4.74 Å². The van der Waals surface area contributed by atoms with Crippen LogP contribution in [0.4, 0.5) is 11.4 Å². The summed E-state index contributed by atoms with van der Waals surface area (Å²) in [5.41, 5.74) is 0.879. The van der Waals surface area contributed by atoms with Crippen molar-refractivity contribution in [2.75, 3.05) is 12.0 Å². The second kappa shape index (κ2) is 4.77. The minimum absolute atomic E-state index is 0.0195. The molecule has 0 aliphatic carbocycles. The topological polar surface area (TPSA) is 72.7 Å². The van der Waals surface area contributed by atoms with Crippen LogP contribution in [-0.4, -0.2) is 29.9 Å². The van der Waals surface area contributed by atoms with Crippen molar-refractivity contribution >= 4 is 17.2 Å². The van der Waals surface area contributed by atoms with Crippen LogP contribution in [0.3, 0.4) is 0 Å². The smallest absolute Gasteiger partial charge is 0.273 e. The number of ketones is 1. The zero-order valence-corrected chi connectivity index (χ0v) is 11.2. The third kappa shape index (κ3) is 2.01. The van der Waals surface area contributed by atoms with Gasteiger partial charge in [-0.2, -0.15) is 0 Å². The third-order valence-electron chi connectivity index (χ3n) is 4.20. The lowest BCUT2D eigenvalue weighted by Gasteiger charge is -2.36. The molecule has 20 heavy (non-hydrogen) atoms. The monoisotopic (exact) mass is 276 g/mol. The van der Waals surface area contributed by atoms with Crippen molar-refractivity contribution in [3.63, 3.8) is 0 Å². The summed E-state index contributed by atoms with van der Waals surface area (Å²) in [7, 11) is 1.51. The van der Waals surface area contributed by atoms with Crippen LogP contribution in [0, 0.1) is 10.1 Å². The Hall–Kier alpha value is -2.11. The molecule has 2 heterocycles. The minimum Gasteiger partial charge on any atom is -0.494 e. The van der Waals surface area contributed by atoms with Gasteiger partial charge in [0.1, 0.15) is 11.5 Å². The first-order valence-corrected chi connectivity index (χ1v) is 6.72. The number of non-ortho nitro benzene ring substituents is 1. The molecule has 1 aromatic carbocycles. The van der Waals surface area contributed by atoms with Crippen LogP contribution in [0.5, 0.6) is 5.75 Å². The molecule has 2 aliphatic heterocycles. The Morgan fingerprint density at radius 1 is 1.30 bits per heavy atom. The molecule has 0 spiro atoms. The molecular weight excluding hydrogens is 260 g/mol. The minimum atomic E-state index is -0.430. The first-order valence-electron chi connectivity index (χ1n) is 6.72. The molecule has 0 aromatic heterocycles. The van der Waals surface area contributed by atoms with Gasteiger partial charge < -0.3 is 9.64 Å². The summed E-state index contributed by atoms with van der Waals surface area (Å²) in [5.74, 6) is 0.820. The Bertz CT molecular complexity index is 556. The maximum Gasteiger partial charge on any atom is 0.273 e. The van der Waals surface area contributed by atoms with Gasteiger partial charge >= 0.3 is 0 Å². The summed E-state index contributed by atoms with van der Waals surface area (Å²) < 4.78 is 5.31. The molecule has 2 atom stereocenters. The van der Waals surface area contributed by atoms with Gasteiger partial charge in [-0.05, 0) is 18.9 Å². The fourth-order valence-electron chi connectivity index (χ4n) is 3.36. The SMILES string of the molecule is COc1cc([N+](=O)[O-])ccc1N1C2CCC1CC(=O)C2. The summed E-state index contributed by atoms with van der Waals surface area (Å²) in [5, 5.41) is 10.8. The van der Waals surface area contributed by atoms with E-state index in [0.717, 1.165) is 18.5 Å². The molecule has 2 unspecified atom stereocenters. The van der Waals surface area contributed by atoms with E-state index in [1.54, 1.807) is 6.07 Å². The van der Waals surface area contributed by atoms with Crippen molar-refractivity contribution in [3.05, 3.63) is 28.3 Å². The number of hydrogen-bond donors (Lipinski definition) is 0. The fraction of sp³-hybridized carbons (Fsp3) is 0.500. The van der Waals surface area contributed by atoms with Crippen LogP contribution in [0.2, 0.25) is 0 Å². The number of hydrogen-bond acceptors (Lipinski definition) is 5. The molecule has 6 heteroatoms. The predicted octanol–water partition coefficient (Wildman–Crippen LogP) is 2.30. The van der Waals surface area contributed by atoms with Crippen LogP contribution in [0.25, 0.3) is 0 Å². The number of nitro groups is 1. The van der Waals surface area contributed by atoms with Crippen LogP contribution in [0.1, 0.15) is 25.7 Å². The van der Waals surface area contributed by atoms with Gasteiger partial charge in [0.25, 0.3) is 5.69 Å². The average molecular weight is 276 g/mol. The second-order valence-electron chi connectivity index (χ2n) is 5.35. The van der Waals surface area contributed by atoms with Crippen molar-refractivity contribution in [2.24, 2.45) is 0 Å². The number of carbonyl (C=O) groups excluding carboxylic acids is 1. The van der Waals surface area contributed by atoms with Crippen molar-refractivity contribution in [3.8, 4) is 5.75 Å². The van der Waals surface area contributed by atoms with E-state index in [1.165, 1.54) is 19.2 Å². The van der Waals surface area contributed by atoms with Gasteiger partial charge in [-0.15, -0.1) is 0 Å². The quantitative estimate of drug-likeness (QED) is 0.625. The third-order valence-corrected chi connectivity index (χ3v) is 4.20. The maximum atomic E-state index is 11.7. The number of anilines is 1. The first kappa shape index (κ1) is 12.9. The van der Waals surface area contributed by atoms with Gasteiger partial charge in [0.2, 0.25) is 0 Å². The van der Waals surface area contributed by atoms with Crippen molar-refractivity contribution in [2.45, 2.75) is 37.8 Å². The number of Topliss-reactive ketones (excluding diaryl/α,β-unsaturated/α-hetero) is 1. The molecular formula is C14H16N2O4. The number of piperidine rings is 1. The second-order valence-corrected chi connectivity index (χ2v) is 5.35. The van der Waals surface area contributed by atoms with Gasteiger partial charge in [0.05, 0.1) is 23.8 Å². The number of carbonyl (C=O) groups is 1. The number of methoxy groups -OCH3 is 1. The number of fused-ring (bicyclic) bond motifs is 2. The molecule has 0 N–H and O–H groups in total. The van der Waals surface area contributed by atoms with E-state index in [0.29, 0.717) is 24.4 Å². The lowest BCUT2D eigenvalue weighted by atomic mass is 10.00. The first-order chi connectivity index (χ1) is 9.60. The lowest BCUT2D eigenvalue weighted by molar-refractivity contribution is -0.384. The lowest BCUT2D eigenvalue weighted by Crippen LogP contribution is -2.43. The largest absolute Gasteiger partial charge is 0.494 e. The Morgan fingerprint density at radius 3 is 2.50 bits per heavy atom. The van der Waals surface area contributed by atoms with Gasteiger partial charge in [-0.1, -0.05) is 0 Å². The molecule has 2 saturated heterocycles. The van der Waals surface area contributed by atoms with Crippen molar-refractivity contribution in [1.29, 1.82) is 0 Å². The van der Waals surface area contributed by atoms with E-state index in [2.05, 4.69) is 4.90 Å². The summed E-state index contributed by atoms with van der Waals surface area (Å²) in [4.78, 5) is 24.3. The molecule has 2 aliphatic rings. The van der Waals surface area contributed by atoms with E-state index in [9.17, 15) is 14.9 Å². The van der Waals surface area contributed by atoms with Gasteiger partial charge in [0, 0.05) is 31.0 Å². The summed E-state index contributed by atoms with van der Waals surface area (Å²) in [6, 6.07) is 5.09. The molecule has 2 bridgehead atoms. The van der Waals surface area contributed by atoms with E-state index in [-0.39, 0.29) is 17.8 Å². The fourth-order valence-corrected chi connectivity index (χ4v) is 3.36. The number of nitrogens with zero attached hydrogens (tertiary/aromatic N) is 2. The molecule has 1 aromatic rings. The number of rotatable bonds is 3. The predicted molar refractivity (Wildman–Crippen MR) is 73.2 cm³/mol. The molecule has 0 amide bonds. The molecule has 6 nitrogen and oxygen atoms in total. The highest BCUT2D eigenvalue weighted by molar-refractivity contribution is 5.83. The summed E-state index contributed by atoms with van der Waals surface area (Å²) in [6.07, 6.45) is 3.13. The zero-order valence-electron chi connectivity index (χ0n) is 11.2. The molecule has 3 rings (SSSR count). The van der Waals surface area contributed by atoms with Gasteiger partial charge in [0.15, 0.2) is 0 Å². The van der Waals surface area contributed by atoms with Crippen LogP contribution < -0.4 is 9.64 Å². The summed E-state index contributed by atoms with van der Waals surface area (Å²) >= 11 is 0. The van der Waals surface area contributed by atoms with E-state index < -0.39 is 4.92 Å².